The molecule has 0 aliphatic carbocycles. The predicted molar refractivity (Wildman–Crippen MR) is 363 cm³/mol. The molecule has 0 fully saturated rings. The average molecular weight is 1170 g/mol. The van der Waals surface area contributed by atoms with E-state index in [2.05, 4.69) is 45.1 Å². The van der Waals surface area contributed by atoms with Crippen molar-refractivity contribution in [1.82, 2.24) is 0 Å². The minimum atomic E-state index is -0.771. The highest BCUT2D eigenvalue weighted by molar-refractivity contribution is 5.71. The van der Waals surface area contributed by atoms with Gasteiger partial charge in [0.1, 0.15) is 13.2 Å². The van der Waals surface area contributed by atoms with Gasteiger partial charge in [-0.1, -0.05) is 385 Å². The van der Waals surface area contributed by atoms with Crippen LogP contribution in [0.2, 0.25) is 0 Å². The molecule has 490 valence electrons. The van der Waals surface area contributed by atoms with Crippen LogP contribution in [0.5, 0.6) is 0 Å². The zero-order valence-corrected chi connectivity index (χ0v) is 56.5. The molecule has 1 unspecified atom stereocenters. The van der Waals surface area contributed by atoms with Crippen molar-refractivity contribution in [2.75, 3.05) is 13.2 Å². The van der Waals surface area contributed by atoms with E-state index < -0.39 is 6.10 Å². The third kappa shape index (κ3) is 70.5. The first kappa shape index (κ1) is 80.9. The Bertz CT molecular complexity index is 1340. The van der Waals surface area contributed by atoms with Crippen molar-refractivity contribution in [2.24, 2.45) is 0 Å². The molecule has 0 bridgehead atoms. The van der Waals surface area contributed by atoms with Crippen molar-refractivity contribution in [3.8, 4) is 0 Å². The maximum atomic E-state index is 13.0. The van der Waals surface area contributed by atoms with Gasteiger partial charge in [0.05, 0.1) is 0 Å². The standard InChI is InChI=1S/C77H146O6/c1-4-7-10-13-16-19-22-25-28-31-34-36-37-38-39-40-42-43-46-49-52-55-58-61-64-67-70-76(79)82-73-74(72-81-75(78)69-66-63-60-57-54-51-48-45-33-30-27-24-21-18-15-12-9-6-3)83-77(80)71-68-65-62-59-56-53-50-47-44-41-35-32-29-26-23-20-17-14-11-8-5-2/h23,26,32,35,74H,4-22,24-25,27-31,33-34,36-73H2,1-3H3/b26-23-,35-32-. The zero-order chi connectivity index (χ0) is 59.9. The van der Waals surface area contributed by atoms with Crippen molar-refractivity contribution >= 4 is 17.9 Å². The Morgan fingerprint density at radius 1 is 0.241 bits per heavy atom. The molecule has 0 aromatic rings. The molecule has 0 heterocycles. The third-order valence-corrected chi connectivity index (χ3v) is 17.5. The van der Waals surface area contributed by atoms with Gasteiger partial charge in [-0.2, -0.15) is 0 Å². The maximum Gasteiger partial charge on any atom is 0.306 e. The van der Waals surface area contributed by atoms with Crippen LogP contribution in [-0.2, 0) is 28.6 Å². The fraction of sp³-hybridized carbons (Fsp3) is 0.909. The summed E-state index contributed by atoms with van der Waals surface area (Å²) in [6, 6.07) is 0. The maximum absolute atomic E-state index is 13.0. The van der Waals surface area contributed by atoms with E-state index in [1.54, 1.807) is 0 Å². The van der Waals surface area contributed by atoms with E-state index >= 15 is 0 Å². The molecule has 0 amide bonds. The highest BCUT2D eigenvalue weighted by Crippen LogP contribution is 2.19. The molecular formula is C77H146O6. The fourth-order valence-electron chi connectivity index (χ4n) is 11.8. The van der Waals surface area contributed by atoms with Gasteiger partial charge < -0.3 is 14.2 Å². The monoisotopic (exact) mass is 1170 g/mol. The molecule has 0 rings (SSSR count). The highest BCUT2D eigenvalue weighted by Gasteiger charge is 2.20. The summed E-state index contributed by atoms with van der Waals surface area (Å²) in [5.74, 6) is -0.832. The summed E-state index contributed by atoms with van der Waals surface area (Å²) in [5.41, 5.74) is 0. The second-order valence-corrected chi connectivity index (χ2v) is 25.9. The van der Waals surface area contributed by atoms with Crippen LogP contribution in [0.4, 0.5) is 0 Å². The van der Waals surface area contributed by atoms with E-state index in [1.807, 2.05) is 0 Å². The Kier molecular flexibility index (Phi) is 70.5. The van der Waals surface area contributed by atoms with E-state index in [0.717, 1.165) is 64.2 Å². The van der Waals surface area contributed by atoms with Gasteiger partial charge in [0.25, 0.3) is 0 Å². The average Bonchev–Trinajstić information content (AvgIpc) is 3.50. The topological polar surface area (TPSA) is 78.9 Å². The van der Waals surface area contributed by atoms with Gasteiger partial charge in [-0.15, -0.1) is 0 Å². The number of rotatable bonds is 71. The summed E-state index contributed by atoms with van der Waals surface area (Å²) in [6.07, 6.45) is 89.3. The molecule has 0 aliphatic rings. The van der Waals surface area contributed by atoms with E-state index in [1.165, 1.54) is 327 Å². The van der Waals surface area contributed by atoms with E-state index in [9.17, 15) is 14.4 Å². The Morgan fingerprint density at radius 2 is 0.434 bits per heavy atom. The lowest BCUT2D eigenvalue weighted by Crippen LogP contribution is -2.30. The normalized spacial score (nSPS) is 12.1. The lowest BCUT2D eigenvalue weighted by Gasteiger charge is -2.18. The van der Waals surface area contributed by atoms with Crippen LogP contribution >= 0.6 is 0 Å². The predicted octanol–water partition coefficient (Wildman–Crippen LogP) is 26.1. The Labute approximate surface area is 519 Å². The summed E-state index contributed by atoms with van der Waals surface area (Å²) < 4.78 is 17.1. The number of hydrogen-bond donors (Lipinski definition) is 0. The summed E-state index contributed by atoms with van der Waals surface area (Å²) in [6.45, 7) is 6.73. The molecule has 0 aromatic heterocycles. The molecule has 6 heteroatoms. The van der Waals surface area contributed by atoms with Gasteiger partial charge >= 0.3 is 17.9 Å². The number of unbranched alkanes of at least 4 members (excludes halogenated alkanes) is 56. The van der Waals surface area contributed by atoms with Crippen molar-refractivity contribution in [3.05, 3.63) is 24.3 Å². The lowest BCUT2D eigenvalue weighted by atomic mass is 10.0. The Hall–Kier alpha value is -2.11. The molecule has 0 saturated carbocycles. The Morgan fingerprint density at radius 3 is 0.663 bits per heavy atom. The van der Waals surface area contributed by atoms with Gasteiger partial charge in [-0.05, 0) is 51.4 Å². The largest absolute Gasteiger partial charge is 0.462 e. The molecule has 83 heavy (non-hydrogen) atoms. The Balaban J connectivity index is 4.26. The number of carbonyl (C=O) groups is 3. The van der Waals surface area contributed by atoms with Crippen LogP contribution in [0.25, 0.3) is 0 Å². The van der Waals surface area contributed by atoms with Crippen molar-refractivity contribution in [3.63, 3.8) is 0 Å². The van der Waals surface area contributed by atoms with Crippen LogP contribution in [0, 0.1) is 0 Å². The molecule has 0 saturated heterocycles. The zero-order valence-electron chi connectivity index (χ0n) is 56.5. The van der Waals surface area contributed by atoms with Gasteiger partial charge in [0.15, 0.2) is 6.10 Å². The van der Waals surface area contributed by atoms with Crippen molar-refractivity contribution in [1.29, 1.82) is 0 Å². The van der Waals surface area contributed by atoms with Crippen molar-refractivity contribution in [2.45, 2.75) is 438 Å². The van der Waals surface area contributed by atoms with Crippen molar-refractivity contribution < 1.29 is 28.6 Å². The van der Waals surface area contributed by atoms with E-state index in [4.69, 9.17) is 14.2 Å². The smallest absolute Gasteiger partial charge is 0.306 e. The van der Waals surface area contributed by atoms with E-state index in [-0.39, 0.29) is 31.1 Å². The number of hydrogen-bond acceptors (Lipinski definition) is 6. The minimum Gasteiger partial charge on any atom is -0.462 e. The minimum absolute atomic E-state index is 0.0660. The number of carbonyl (C=O) groups excluding carboxylic acids is 3. The summed E-state index contributed by atoms with van der Waals surface area (Å²) in [7, 11) is 0. The SMILES string of the molecule is CCCCCCC/C=C\C/C=C\CCCCCCCCCCCC(=O)OC(COC(=O)CCCCCCCCCCCCCCCCCCCC)COC(=O)CCCCCCCCCCCCCCCCCCCCCCCCCCCC. The van der Waals surface area contributed by atoms with Crippen LogP contribution in [0.3, 0.4) is 0 Å². The number of allylic oxidation sites excluding steroid dienone is 4. The van der Waals surface area contributed by atoms with Crippen LogP contribution in [0.15, 0.2) is 24.3 Å². The molecular weight excluding hydrogens is 1020 g/mol. The molecule has 0 spiro atoms. The summed E-state index contributed by atoms with van der Waals surface area (Å²) in [5, 5.41) is 0. The number of esters is 3. The van der Waals surface area contributed by atoms with Gasteiger partial charge in [-0.25, -0.2) is 0 Å². The van der Waals surface area contributed by atoms with Gasteiger partial charge in [0, 0.05) is 19.3 Å². The summed E-state index contributed by atoms with van der Waals surface area (Å²) in [4.78, 5) is 38.6. The van der Waals surface area contributed by atoms with Crippen LogP contribution < -0.4 is 0 Å². The highest BCUT2D eigenvalue weighted by atomic mass is 16.6. The van der Waals surface area contributed by atoms with Gasteiger partial charge in [-0.3, -0.25) is 14.4 Å². The molecule has 6 nitrogen and oxygen atoms in total. The summed E-state index contributed by atoms with van der Waals surface area (Å²) >= 11 is 0. The first-order valence-electron chi connectivity index (χ1n) is 37.8. The quantitative estimate of drug-likeness (QED) is 0.0261. The lowest BCUT2D eigenvalue weighted by molar-refractivity contribution is -0.167. The molecule has 0 N–H and O–H groups in total. The van der Waals surface area contributed by atoms with Gasteiger partial charge in [0.2, 0.25) is 0 Å². The first-order valence-corrected chi connectivity index (χ1v) is 37.8. The fourth-order valence-corrected chi connectivity index (χ4v) is 11.8. The van der Waals surface area contributed by atoms with Crippen LogP contribution in [-0.4, -0.2) is 37.2 Å². The molecule has 0 aliphatic heterocycles. The van der Waals surface area contributed by atoms with E-state index in [0.29, 0.717) is 19.3 Å². The molecule has 1 atom stereocenters. The second kappa shape index (κ2) is 72.4. The molecule has 0 radical (unpaired) electrons. The van der Waals surface area contributed by atoms with Crippen LogP contribution in [0.1, 0.15) is 432 Å². The number of ether oxygens (including phenoxy) is 3. The first-order chi connectivity index (χ1) is 41.0. The molecule has 0 aromatic carbocycles. The third-order valence-electron chi connectivity index (χ3n) is 17.5. The second-order valence-electron chi connectivity index (χ2n) is 25.9.